The fraction of sp³-hybridized carbons (Fsp3) is 0.318. The molecule has 1 atom stereocenters. The minimum absolute atomic E-state index is 0.0808. The van der Waals surface area contributed by atoms with Crippen LogP contribution in [0, 0.1) is 0 Å². The lowest BCUT2D eigenvalue weighted by molar-refractivity contribution is -0.118. The number of hydrogen-bond donors (Lipinski definition) is 1. The van der Waals surface area contributed by atoms with Crippen LogP contribution in [0.2, 0.25) is 0 Å². The summed E-state index contributed by atoms with van der Waals surface area (Å²) in [4.78, 5) is 37.5. The Labute approximate surface area is 178 Å². The van der Waals surface area contributed by atoms with Gasteiger partial charge >= 0.3 is 0 Å². The van der Waals surface area contributed by atoms with E-state index >= 15 is 0 Å². The number of fused-ring (bicyclic) bond motifs is 1. The predicted molar refractivity (Wildman–Crippen MR) is 113 cm³/mol. The van der Waals surface area contributed by atoms with E-state index in [0.29, 0.717) is 36.6 Å². The molecule has 30 heavy (non-hydrogen) atoms. The van der Waals surface area contributed by atoms with E-state index in [1.807, 2.05) is 50.2 Å². The van der Waals surface area contributed by atoms with E-state index in [1.165, 1.54) is 0 Å². The van der Waals surface area contributed by atoms with Gasteiger partial charge in [-0.3, -0.25) is 24.6 Å². The highest BCUT2D eigenvalue weighted by molar-refractivity contribution is 8.15. The number of para-hydroxylation sites is 1. The van der Waals surface area contributed by atoms with Crippen molar-refractivity contribution in [3.63, 3.8) is 0 Å². The summed E-state index contributed by atoms with van der Waals surface area (Å²) in [6.45, 7) is 4.41. The molecule has 0 spiro atoms. The Bertz CT molecular complexity index is 989. The van der Waals surface area contributed by atoms with Gasteiger partial charge in [-0.1, -0.05) is 36.0 Å². The zero-order chi connectivity index (χ0) is 21.3. The maximum Gasteiger partial charge on any atom is 0.286 e. The van der Waals surface area contributed by atoms with Crippen LogP contribution in [0.25, 0.3) is 0 Å². The first kappa shape index (κ1) is 20.3. The first-order chi connectivity index (χ1) is 14.3. The average Bonchev–Trinajstić information content (AvgIpc) is 3.02. The van der Waals surface area contributed by atoms with Gasteiger partial charge in [0, 0.05) is 0 Å². The van der Waals surface area contributed by atoms with Gasteiger partial charge < -0.3 is 9.47 Å². The van der Waals surface area contributed by atoms with Gasteiger partial charge in [0.05, 0.1) is 17.4 Å². The Morgan fingerprint density at radius 1 is 1.10 bits per heavy atom. The molecule has 0 radical (unpaired) electrons. The van der Waals surface area contributed by atoms with Gasteiger partial charge in [-0.2, -0.15) is 0 Å². The molecule has 0 aromatic heterocycles. The topological polar surface area (TPSA) is 84.9 Å². The number of carbonyl (C=O) groups is 3. The van der Waals surface area contributed by atoms with Crippen molar-refractivity contribution in [2.24, 2.45) is 0 Å². The number of rotatable bonds is 6. The van der Waals surface area contributed by atoms with Gasteiger partial charge in [-0.15, -0.1) is 0 Å². The monoisotopic (exact) mass is 426 g/mol. The molecular weight excluding hydrogens is 404 g/mol. The average molecular weight is 426 g/mol. The van der Waals surface area contributed by atoms with Crippen LogP contribution in [-0.4, -0.2) is 46.1 Å². The van der Waals surface area contributed by atoms with Crippen molar-refractivity contribution in [2.45, 2.75) is 31.2 Å². The third kappa shape index (κ3) is 4.14. The number of thioether (sulfide) groups is 1. The summed E-state index contributed by atoms with van der Waals surface area (Å²) in [5, 5.41) is 1.60. The van der Waals surface area contributed by atoms with E-state index in [1.54, 1.807) is 17.0 Å². The molecule has 2 aliphatic rings. The van der Waals surface area contributed by atoms with Crippen molar-refractivity contribution in [2.75, 3.05) is 13.2 Å². The second-order valence-corrected chi connectivity index (χ2v) is 8.76. The number of nitrogens with one attached hydrogen (secondary N) is 1. The Morgan fingerprint density at radius 3 is 2.53 bits per heavy atom. The van der Waals surface area contributed by atoms with Gasteiger partial charge in [0.1, 0.15) is 18.1 Å². The molecule has 156 valence electrons. The molecule has 1 saturated heterocycles. The highest BCUT2D eigenvalue weighted by Crippen LogP contribution is 2.33. The second kappa shape index (κ2) is 8.02. The first-order valence-electron chi connectivity index (χ1n) is 9.67. The number of nitrogens with zero attached hydrogens (tertiary/aromatic N) is 1. The number of amides is 3. The maximum absolute atomic E-state index is 12.9. The third-order valence-corrected chi connectivity index (χ3v) is 6.05. The van der Waals surface area contributed by atoms with Crippen LogP contribution < -0.4 is 14.8 Å². The van der Waals surface area contributed by atoms with Crippen LogP contribution in [-0.2, 0) is 11.2 Å². The summed E-state index contributed by atoms with van der Waals surface area (Å²) in [6, 6.07) is 14.6. The smallest absolute Gasteiger partial charge is 0.286 e. The lowest BCUT2D eigenvalue weighted by Crippen LogP contribution is -2.55. The lowest BCUT2D eigenvalue weighted by Gasteiger charge is -2.42. The van der Waals surface area contributed by atoms with Crippen LogP contribution >= 0.6 is 11.8 Å². The summed E-state index contributed by atoms with van der Waals surface area (Å²) in [5.74, 6) is 0.934. The molecule has 2 aromatic carbocycles. The maximum atomic E-state index is 12.9. The lowest BCUT2D eigenvalue weighted by atomic mass is 10.1. The zero-order valence-electron chi connectivity index (χ0n) is 16.7. The van der Waals surface area contributed by atoms with E-state index in [0.717, 1.165) is 17.3 Å². The van der Waals surface area contributed by atoms with Crippen LogP contribution in [0.3, 0.4) is 0 Å². The normalized spacial score (nSPS) is 19.9. The molecule has 2 heterocycles. The van der Waals surface area contributed by atoms with Gasteiger partial charge in [-0.25, -0.2) is 0 Å². The standard InChI is InChI=1S/C22H22N2O5S/c1-22(2)24(20(26)16-5-3-4-6-17(16)29-22)11-12-28-15-9-7-14(8-10-15)13-18-19(25)23-21(27)30-18/h3-10,18H,11-13H2,1-2H3,(H,23,25,27). The molecule has 7 nitrogen and oxygen atoms in total. The molecule has 2 aromatic rings. The van der Waals surface area contributed by atoms with Crippen molar-refractivity contribution < 1.29 is 23.9 Å². The summed E-state index contributed by atoms with van der Waals surface area (Å²) in [6.07, 6.45) is 0.482. The Hall–Kier alpha value is -3.00. The molecule has 1 N–H and O–H groups in total. The van der Waals surface area contributed by atoms with E-state index in [-0.39, 0.29) is 22.3 Å². The Kier molecular flexibility index (Phi) is 5.42. The zero-order valence-corrected chi connectivity index (χ0v) is 17.5. The molecule has 2 aliphatic heterocycles. The highest BCUT2D eigenvalue weighted by Gasteiger charge is 2.39. The summed E-state index contributed by atoms with van der Waals surface area (Å²) >= 11 is 1.02. The fourth-order valence-electron chi connectivity index (χ4n) is 3.54. The van der Waals surface area contributed by atoms with Gasteiger partial charge in [-0.05, 0) is 50.1 Å². The quantitative estimate of drug-likeness (QED) is 0.763. The Balaban J connectivity index is 1.33. The molecular formula is C22H22N2O5S. The van der Waals surface area contributed by atoms with E-state index in [9.17, 15) is 14.4 Å². The summed E-state index contributed by atoms with van der Waals surface area (Å²) < 4.78 is 11.8. The van der Waals surface area contributed by atoms with Crippen molar-refractivity contribution in [3.05, 3.63) is 59.7 Å². The van der Waals surface area contributed by atoms with Crippen molar-refractivity contribution >= 4 is 28.8 Å². The molecule has 3 amide bonds. The highest BCUT2D eigenvalue weighted by atomic mass is 32.2. The van der Waals surface area contributed by atoms with Gasteiger partial charge in [0.25, 0.3) is 11.1 Å². The van der Waals surface area contributed by atoms with Crippen molar-refractivity contribution in [1.29, 1.82) is 0 Å². The van der Waals surface area contributed by atoms with E-state index < -0.39 is 5.72 Å². The molecule has 1 fully saturated rings. The summed E-state index contributed by atoms with van der Waals surface area (Å²) in [7, 11) is 0. The van der Waals surface area contributed by atoms with Crippen LogP contribution in [0.4, 0.5) is 4.79 Å². The number of ether oxygens (including phenoxy) is 2. The minimum atomic E-state index is -0.768. The first-order valence-corrected chi connectivity index (χ1v) is 10.5. The number of benzene rings is 2. The second-order valence-electron chi connectivity index (χ2n) is 7.58. The van der Waals surface area contributed by atoms with Gasteiger partial charge in [0.2, 0.25) is 5.91 Å². The molecule has 4 rings (SSSR count). The predicted octanol–water partition coefficient (Wildman–Crippen LogP) is 3.23. The molecule has 0 bridgehead atoms. The number of imide groups is 1. The molecule has 1 unspecified atom stereocenters. The largest absolute Gasteiger partial charge is 0.492 e. The number of hydrogen-bond acceptors (Lipinski definition) is 6. The van der Waals surface area contributed by atoms with E-state index in [2.05, 4.69) is 5.32 Å². The summed E-state index contributed by atoms with van der Waals surface area (Å²) in [5.41, 5.74) is 0.728. The van der Waals surface area contributed by atoms with Crippen LogP contribution in [0.15, 0.2) is 48.5 Å². The van der Waals surface area contributed by atoms with E-state index in [4.69, 9.17) is 9.47 Å². The third-order valence-electron chi connectivity index (χ3n) is 5.07. The van der Waals surface area contributed by atoms with Crippen LogP contribution in [0.1, 0.15) is 29.8 Å². The molecule has 8 heteroatoms. The minimum Gasteiger partial charge on any atom is -0.492 e. The number of carbonyl (C=O) groups excluding carboxylic acids is 3. The molecule has 0 saturated carbocycles. The van der Waals surface area contributed by atoms with Crippen molar-refractivity contribution in [3.8, 4) is 11.5 Å². The van der Waals surface area contributed by atoms with Gasteiger partial charge in [0.15, 0.2) is 5.72 Å². The van der Waals surface area contributed by atoms with Crippen LogP contribution in [0.5, 0.6) is 11.5 Å². The SMILES string of the molecule is CC1(C)Oc2ccccc2C(=O)N1CCOc1ccc(CC2SC(=O)NC2=O)cc1. The fourth-order valence-corrected chi connectivity index (χ4v) is 4.40. The van der Waals surface area contributed by atoms with Crippen molar-refractivity contribution in [1.82, 2.24) is 10.2 Å². The Morgan fingerprint density at radius 2 is 1.83 bits per heavy atom. The molecule has 0 aliphatic carbocycles.